The minimum atomic E-state index is 0.0534. The highest BCUT2D eigenvalue weighted by Gasteiger charge is 2.33. The number of furan rings is 1. The van der Waals surface area contributed by atoms with Crippen molar-refractivity contribution in [2.24, 2.45) is 5.10 Å². The Morgan fingerprint density at radius 2 is 2.04 bits per heavy atom. The van der Waals surface area contributed by atoms with Gasteiger partial charge in [0.25, 0.3) is 0 Å². The van der Waals surface area contributed by atoms with E-state index in [9.17, 15) is 0 Å². The first kappa shape index (κ1) is 13.9. The van der Waals surface area contributed by atoms with Crippen LogP contribution >= 0.6 is 22.7 Å². The van der Waals surface area contributed by atoms with Crippen molar-refractivity contribution in [3.05, 3.63) is 70.8 Å². The van der Waals surface area contributed by atoms with Gasteiger partial charge < -0.3 is 4.42 Å². The summed E-state index contributed by atoms with van der Waals surface area (Å²) in [5.41, 5.74) is 2.10. The number of fused-ring (bicyclic) bond motifs is 1. The summed E-state index contributed by atoms with van der Waals surface area (Å²) in [6.45, 7) is 0. The van der Waals surface area contributed by atoms with Gasteiger partial charge in [0.15, 0.2) is 0 Å². The molecule has 5 rings (SSSR count). The van der Waals surface area contributed by atoms with Gasteiger partial charge >= 0.3 is 0 Å². The van der Waals surface area contributed by atoms with Gasteiger partial charge in [-0.05, 0) is 35.7 Å². The number of para-hydroxylation sites is 1. The van der Waals surface area contributed by atoms with Crippen molar-refractivity contribution in [1.29, 1.82) is 0 Å². The van der Waals surface area contributed by atoms with E-state index in [-0.39, 0.29) is 6.04 Å². The standard InChI is InChI=1S/C18H13N3OS2/c1-2-7-17-12(5-1)19-18(24-17)21-14(15-6-3-9-22-15)11-13(20-21)16-8-4-10-23-16/h1-10,14H,11H2. The second-order valence-electron chi connectivity index (χ2n) is 5.57. The van der Waals surface area contributed by atoms with Crippen LogP contribution in [0, 0.1) is 0 Å². The Labute approximate surface area is 146 Å². The fourth-order valence-electron chi connectivity index (χ4n) is 2.94. The molecule has 0 bridgehead atoms. The maximum atomic E-state index is 5.67. The lowest BCUT2D eigenvalue weighted by Gasteiger charge is -2.18. The first-order valence-corrected chi connectivity index (χ1v) is 9.38. The van der Waals surface area contributed by atoms with E-state index in [0.29, 0.717) is 0 Å². The van der Waals surface area contributed by atoms with Crippen LogP contribution in [0.5, 0.6) is 0 Å². The van der Waals surface area contributed by atoms with Crippen molar-refractivity contribution >= 4 is 43.7 Å². The molecule has 0 spiro atoms. The molecule has 0 saturated carbocycles. The smallest absolute Gasteiger partial charge is 0.207 e. The number of hydrogen-bond acceptors (Lipinski definition) is 6. The molecule has 1 aliphatic rings. The second-order valence-corrected chi connectivity index (χ2v) is 7.52. The molecule has 0 saturated heterocycles. The van der Waals surface area contributed by atoms with E-state index in [0.717, 1.165) is 28.5 Å². The SMILES string of the molecule is c1coc(C2CC(c3cccs3)=NN2c2nc3ccccc3s2)c1. The third kappa shape index (κ3) is 2.26. The summed E-state index contributed by atoms with van der Waals surface area (Å²) in [6.07, 6.45) is 2.54. The molecule has 0 N–H and O–H groups in total. The Morgan fingerprint density at radius 3 is 2.83 bits per heavy atom. The zero-order chi connectivity index (χ0) is 15.9. The summed E-state index contributed by atoms with van der Waals surface area (Å²) in [6, 6.07) is 16.4. The van der Waals surface area contributed by atoms with Crippen LogP contribution in [0.1, 0.15) is 23.1 Å². The Kier molecular flexibility index (Phi) is 3.24. The Bertz CT molecular complexity index is 969. The van der Waals surface area contributed by atoms with E-state index in [1.54, 1.807) is 28.9 Å². The highest BCUT2D eigenvalue weighted by Crippen LogP contribution is 2.40. The molecule has 0 aliphatic carbocycles. The van der Waals surface area contributed by atoms with Crippen LogP contribution < -0.4 is 5.01 Å². The van der Waals surface area contributed by atoms with Gasteiger partial charge in [-0.2, -0.15) is 5.10 Å². The number of thiophene rings is 1. The second kappa shape index (κ2) is 5.58. The average molecular weight is 351 g/mol. The van der Waals surface area contributed by atoms with Crippen molar-refractivity contribution in [2.45, 2.75) is 12.5 Å². The van der Waals surface area contributed by atoms with E-state index < -0.39 is 0 Å². The van der Waals surface area contributed by atoms with Crippen molar-refractivity contribution in [3.63, 3.8) is 0 Å². The molecule has 1 atom stereocenters. The summed E-state index contributed by atoms with van der Waals surface area (Å²) in [7, 11) is 0. The number of thiazole rings is 1. The molecule has 4 aromatic rings. The molecule has 6 heteroatoms. The predicted molar refractivity (Wildman–Crippen MR) is 99.0 cm³/mol. The largest absolute Gasteiger partial charge is 0.467 e. The average Bonchev–Trinajstić information content (AvgIpc) is 3.40. The number of anilines is 1. The molecule has 1 unspecified atom stereocenters. The number of aromatic nitrogens is 1. The molecule has 0 amide bonds. The van der Waals surface area contributed by atoms with Crippen LogP contribution in [-0.2, 0) is 0 Å². The zero-order valence-corrected chi connectivity index (χ0v) is 14.3. The minimum absolute atomic E-state index is 0.0534. The Hall–Kier alpha value is -2.44. The first-order valence-electron chi connectivity index (χ1n) is 7.68. The molecule has 24 heavy (non-hydrogen) atoms. The first-order chi connectivity index (χ1) is 11.9. The normalized spacial score (nSPS) is 17.6. The van der Waals surface area contributed by atoms with Crippen molar-refractivity contribution in [1.82, 2.24) is 4.98 Å². The molecule has 0 radical (unpaired) electrons. The third-order valence-electron chi connectivity index (χ3n) is 4.07. The summed E-state index contributed by atoms with van der Waals surface area (Å²) in [5.74, 6) is 0.921. The quantitative estimate of drug-likeness (QED) is 0.502. The van der Waals surface area contributed by atoms with Crippen LogP contribution in [0.2, 0.25) is 0 Å². The molecule has 1 aliphatic heterocycles. The van der Waals surface area contributed by atoms with Crippen LogP contribution in [0.25, 0.3) is 10.2 Å². The minimum Gasteiger partial charge on any atom is -0.467 e. The maximum absolute atomic E-state index is 5.67. The molecule has 118 valence electrons. The Balaban J connectivity index is 1.61. The van der Waals surface area contributed by atoms with E-state index in [1.165, 1.54) is 9.58 Å². The molecule has 0 fully saturated rings. The third-order valence-corrected chi connectivity index (χ3v) is 6.01. The number of benzene rings is 1. The zero-order valence-electron chi connectivity index (χ0n) is 12.6. The Morgan fingerprint density at radius 1 is 1.08 bits per heavy atom. The fraction of sp³-hybridized carbons (Fsp3) is 0.111. The lowest BCUT2D eigenvalue weighted by atomic mass is 10.1. The van der Waals surface area contributed by atoms with E-state index in [4.69, 9.17) is 14.5 Å². The summed E-state index contributed by atoms with van der Waals surface area (Å²) >= 11 is 3.38. The van der Waals surface area contributed by atoms with Crippen LogP contribution in [-0.4, -0.2) is 10.7 Å². The number of hydrogen-bond donors (Lipinski definition) is 0. The molecule has 4 nitrogen and oxygen atoms in total. The highest BCUT2D eigenvalue weighted by atomic mass is 32.1. The summed E-state index contributed by atoms with van der Waals surface area (Å²) in [4.78, 5) is 5.97. The molecular formula is C18H13N3OS2. The van der Waals surface area contributed by atoms with Crippen molar-refractivity contribution < 1.29 is 4.42 Å². The number of rotatable bonds is 3. The van der Waals surface area contributed by atoms with Crippen molar-refractivity contribution in [3.8, 4) is 0 Å². The van der Waals surface area contributed by atoms with Gasteiger partial charge in [-0.25, -0.2) is 9.99 Å². The molecule has 3 aromatic heterocycles. The predicted octanol–water partition coefficient (Wildman–Crippen LogP) is 5.31. The van der Waals surface area contributed by atoms with Gasteiger partial charge in [0.05, 0.1) is 27.1 Å². The van der Waals surface area contributed by atoms with Crippen LogP contribution in [0.15, 0.2) is 69.7 Å². The van der Waals surface area contributed by atoms with Gasteiger partial charge in [-0.15, -0.1) is 11.3 Å². The van der Waals surface area contributed by atoms with E-state index in [1.807, 2.05) is 35.3 Å². The summed E-state index contributed by atoms with van der Waals surface area (Å²) < 4.78 is 6.85. The van der Waals surface area contributed by atoms with E-state index >= 15 is 0 Å². The topological polar surface area (TPSA) is 41.6 Å². The lowest BCUT2D eigenvalue weighted by Crippen LogP contribution is -2.17. The van der Waals surface area contributed by atoms with Gasteiger partial charge in [0.1, 0.15) is 11.8 Å². The molecule has 1 aromatic carbocycles. The van der Waals surface area contributed by atoms with Crippen LogP contribution in [0.4, 0.5) is 5.13 Å². The van der Waals surface area contributed by atoms with E-state index in [2.05, 4.69) is 23.6 Å². The maximum Gasteiger partial charge on any atom is 0.207 e. The molecular weight excluding hydrogens is 338 g/mol. The fourth-order valence-corrected chi connectivity index (χ4v) is 4.63. The molecule has 4 heterocycles. The lowest BCUT2D eigenvalue weighted by molar-refractivity contribution is 0.465. The summed E-state index contributed by atoms with van der Waals surface area (Å²) in [5, 5.41) is 9.88. The van der Waals surface area contributed by atoms with Gasteiger partial charge in [-0.3, -0.25) is 0 Å². The van der Waals surface area contributed by atoms with Gasteiger partial charge in [0, 0.05) is 6.42 Å². The number of hydrazone groups is 1. The highest BCUT2D eigenvalue weighted by molar-refractivity contribution is 7.22. The van der Waals surface area contributed by atoms with Crippen molar-refractivity contribution in [2.75, 3.05) is 5.01 Å². The van der Waals surface area contributed by atoms with Gasteiger partial charge in [0.2, 0.25) is 5.13 Å². The van der Waals surface area contributed by atoms with Crippen LogP contribution in [0.3, 0.4) is 0 Å². The monoisotopic (exact) mass is 351 g/mol. The van der Waals surface area contributed by atoms with Gasteiger partial charge in [-0.1, -0.05) is 29.5 Å². The number of nitrogens with zero attached hydrogens (tertiary/aromatic N) is 3.